The number of hydrogen-bond acceptors (Lipinski definition) is 2. The monoisotopic (exact) mass is 218 g/mol. The van der Waals surface area contributed by atoms with E-state index in [9.17, 15) is 0 Å². The molecule has 1 fully saturated rings. The van der Waals surface area contributed by atoms with Gasteiger partial charge in [-0.15, -0.1) is 0 Å². The zero-order chi connectivity index (χ0) is 11.4. The number of likely N-dealkylation sites (N-methyl/N-ethyl adjacent to an activating group) is 1. The van der Waals surface area contributed by atoms with E-state index in [1.165, 1.54) is 30.5 Å². The molecule has 0 aliphatic heterocycles. The van der Waals surface area contributed by atoms with Crippen LogP contribution in [-0.2, 0) is 12.8 Å². The predicted octanol–water partition coefficient (Wildman–Crippen LogP) is 2.57. The standard InChI is InChI=1S/C14H22N2/c1-3-11-7-8-13(16-10-11)9-14(15-2)12-5-4-6-12/h7-8,10,12,14-15H,3-6,9H2,1-2H3. The van der Waals surface area contributed by atoms with Crippen molar-refractivity contribution in [2.24, 2.45) is 5.92 Å². The van der Waals surface area contributed by atoms with Crippen LogP contribution in [0.2, 0.25) is 0 Å². The smallest absolute Gasteiger partial charge is 0.0419 e. The Labute approximate surface area is 98.5 Å². The first-order chi connectivity index (χ1) is 7.83. The average Bonchev–Trinajstić information content (AvgIpc) is 2.26. The van der Waals surface area contributed by atoms with E-state index in [-0.39, 0.29) is 0 Å². The van der Waals surface area contributed by atoms with Gasteiger partial charge in [-0.05, 0) is 43.9 Å². The van der Waals surface area contributed by atoms with Crippen LogP contribution in [0, 0.1) is 5.92 Å². The summed E-state index contributed by atoms with van der Waals surface area (Å²) in [4.78, 5) is 4.54. The fourth-order valence-corrected chi connectivity index (χ4v) is 2.36. The van der Waals surface area contributed by atoms with Crippen LogP contribution < -0.4 is 5.32 Å². The highest BCUT2D eigenvalue weighted by atomic mass is 14.9. The molecular weight excluding hydrogens is 196 g/mol. The first-order valence-electron chi connectivity index (χ1n) is 6.44. The SMILES string of the molecule is CCc1ccc(CC(NC)C2CCC2)nc1. The summed E-state index contributed by atoms with van der Waals surface area (Å²) >= 11 is 0. The topological polar surface area (TPSA) is 24.9 Å². The number of aromatic nitrogens is 1. The third-order valence-corrected chi connectivity index (χ3v) is 3.81. The van der Waals surface area contributed by atoms with Gasteiger partial charge in [0.15, 0.2) is 0 Å². The number of nitrogens with one attached hydrogen (secondary N) is 1. The number of hydrogen-bond donors (Lipinski definition) is 1. The third kappa shape index (κ3) is 2.62. The summed E-state index contributed by atoms with van der Waals surface area (Å²) in [6.45, 7) is 2.17. The predicted molar refractivity (Wildman–Crippen MR) is 67.5 cm³/mol. The second-order valence-corrected chi connectivity index (χ2v) is 4.80. The van der Waals surface area contributed by atoms with Crippen LogP contribution in [0.4, 0.5) is 0 Å². The molecule has 1 N–H and O–H groups in total. The molecular formula is C14H22N2. The summed E-state index contributed by atoms with van der Waals surface area (Å²) in [6.07, 6.45) is 8.35. The van der Waals surface area contributed by atoms with Crippen LogP contribution in [0.25, 0.3) is 0 Å². The lowest BCUT2D eigenvalue weighted by atomic mass is 9.78. The van der Waals surface area contributed by atoms with E-state index in [0.29, 0.717) is 6.04 Å². The van der Waals surface area contributed by atoms with E-state index in [1.54, 1.807) is 0 Å². The Bertz CT molecular complexity index is 314. The molecule has 0 bridgehead atoms. The number of pyridine rings is 1. The van der Waals surface area contributed by atoms with Crippen LogP contribution >= 0.6 is 0 Å². The van der Waals surface area contributed by atoms with Gasteiger partial charge in [-0.25, -0.2) is 0 Å². The molecule has 1 aromatic rings. The van der Waals surface area contributed by atoms with Gasteiger partial charge in [0.1, 0.15) is 0 Å². The summed E-state index contributed by atoms with van der Waals surface area (Å²) < 4.78 is 0. The van der Waals surface area contributed by atoms with Crippen LogP contribution in [0.5, 0.6) is 0 Å². The van der Waals surface area contributed by atoms with Gasteiger partial charge in [0.2, 0.25) is 0 Å². The summed E-state index contributed by atoms with van der Waals surface area (Å²) in [6, 6.07) is 5.01. The van der Waals surface area contributed by atoms with Crippen molar-refractivity contribution in [1.29, 1.82) is 0 Å². The molecule has 1 aromatic heterocycles. The summed E-state index contributed by atoms with van der Waals surface area (Å²) in [5, 5.41) is 3.44. The van der Waals surface area contributed by atoms with Gasteiger partial charge in [0, 0.05) is 24.4 Å². The van der Waals surface area contributed by atoms with Gasteiger partial charge in [0.05, 0.1) is 0 Å². The molecule has 0 aromatic carbocycles. The van der Waals surface area contributed by atoms with Gasteiger partial charge in [0.25, 0.3) is 0 Å². The molecule has 0 radical (unpaired) electrons. The highest BCUT2D eigenvalue weighted by Gasteiger charge is 2.26. The lowest BCUT2D eigenvalue weighted by Gasteiger charge is -2.33. The number of nitrogens with zero attached hydrogens (tertiary/aromatic N) is 1. The minimum absolute atomic E-state index is 0.619. The molecule has 1 atom stereocenters. The Balaban J connectivity index is 1.95. The van der Waals surface area contributed by atoms with Crippen LogP contribution in [0.1, 0.15) is 37.4 Å². The van der Waals surface area contributed by atoms with E-state index in [1.807, 2.05) is 6.20 Å². The first kappa shape index (κ1) is 11.6. The maximum absolute atomic E-state index is 4.54. The molecule has 1 aliphatic carbocycles. The highest BCUT2D eigenvalue weighted by Crippen LogP contribution is 2.30. The van der Waals surface area contributed by atoms with Crippen LogP contribution in [-0.4, -0.2) is 18.1 Å². The minimum atomic E-state index is 0.619. The van der Waals surface area contributed by atoms with Crippen molar-refractivity contribution in [3.8, 4) is 0 Å². The lowest BCUT2D eigenvalue weighted by Crippen LogP contribution is -2.39. The van der Waals surface area contributed by atoms with E-state index in [0.717, 1.165) is 18.8 Å². The van der Waals surface area contributed by atoms with Crippen molar-refractivity contribution >= 4 is 0 Å². The Hall–Kier alpha value is -0.890. The Morgan fingerprint density at radius 2 is 2.25 bits per heavy atom. The maximum Gasteiger partial charge on any atom is 0.0419 e. The van der Waals surface area contributed by atoms with Crippen LogP contribution in [0.3, 0.4) is 0 Å². The highest BCUT2D eigenvalue weighted by molar-refractivity contribution is 5.15. The lowest BCUT2D eigenvalue weighted by molar-refractivity contribution is 0.235. The molecule has 2 rings (SSSR count). The number of aryl methyl sites for hydroxylation is 1. The average molecular weight is 218 g/mol. The second kappa shape index (κ2) is 5.44. The molecule has 1 unspecified atom stereocenters. The molecule has 16 heavy (non-hydrogen) atoms. The summed E-state index contributed by atoms with van der Waals surface area (Å²) in [5.74, 6) is 0.873. The molecule has 0 spiro atoms. The molecule has 1 saturated carbocycles. The molecule has 0 saturated heterocycles. The molecule has 0 amide bonds. The quantitative estimate of drug-likeness (QED) is 0.821. The van der Waals surface area contributed by atoms with Crippen molar-refractivity contribution in [2.75, 3.05) is 7.05 Å². The van der Waals surface area contributed by atoms with Crippen molar-refractivity contribution in [3.05, 3.63) is 29.6 Å². The summed E-state index contributed by atoms with van der Waals surface area (Å²) in [5.41, 5.74) is 2.55. The van der Waals surface area contributed by atoms with Gasteiger partial charge in [-0.1, -0.05) is 19.4 Å². The fraction of sp³-hybridized carbons (Fsp3) is 0.643. The van der Waals surface area contributed by atoms with Gasteiger partial charge < -0.3 is 5.32 Å². The zero-order valence-electron chi connectivity index (χ0n) is 10.4. The van der Waals surface area contributed by atoms with Gasteiger partial charge >= 0.3 is 0 Å². The first-order valence-corrected chi connectivity index (χ1v) is 6.44. The normalized spacial score (nSPS) is 18.1. The molecule has 88 valence electrons. The molecule has 2 heteroatoms. The molecule has 1 heterocycles. The van der Waals surface area contributed by atoms with Crippen molar-refractivity contribution in [3.63, 3.8) is 0 Å². The Morgan fingerprint density at radius 1 is 1.44 bits per heavy atom. The summed E-state index contributed by atoms with van der Waals surface area (Å²) in [7, 11) is 2.07. The Morgan fingerprint density at radius 3 is 2.69 bits per heavy atom. The largest absolute Gasteiger partial charge is 0.316 e. The Kier molecular flexibility index (Phi) is 3.94. The maximum atomic E-state index is 4.54. The minimum Gasteiger partial charge on any atom is -0.316 e. The fourth-order valence-electron chi connectivity index (χ4n) is 2.36. The van der Waals surface area contributed by atoms with Crippen molar-refractivity contribution < 1.29 is 0 Å². The van der Waals surface area contributed by atoms with E-state index in [2.05, 4.69) is 36.4 Å². The van der Waals surface area contributed by atoms with E-state index in [4.69, 9.17) is 0 Å². The number of rotatable bonds is 5. The molecule has 1 aliphatic rings. The van der Waals surface area contributed by atoms with Crippen molar-refractivity contribution in [2.45, 2.75) is 45.1 Å². The third-order valence-electron chi connectivity index (χ3n) is 3.81. The van der Waals surface area contributed by atoms with E-state index < -0.39 is 0 Å². The van der Waals surface area contributed by atoms with Crippen LogP contribution in [0.15, 0.2) is 18.3 Å². The van der Waals surface area contributed by atoms with E-state index >= 15 is 0 Å². The molecule has 2 nitrogen and oxygen atoms in total. The van der Waals surface area contributed by atoms with Gasteiger partial charge in [-0.2, -0.15) is 0 Å². The van der Waals surface area contributed by atoms with Gasteiger partial charge in [-0.3, -0.25) is 4.98 Å². The second-order valence-electron chi connectivity index (χ2n) is 4.80. The zero-order valence-corrected chi connectivity index (χ0v) is 10.4. The van der Waals surface area contributed by atoms with Crippen molar-refractivity contribution in [1.82, 2.24) is 10.3 Å².